The van der Waals surface area contributed by atoms with E-state index in [1.807, 2.05) is 18.2 Å². The number of ether oxygens (including phenoxy) is 1. The number of esters is 1. The molecule has 1 aromatic carbocycles. The number of nitrogens with one attached hydrogen (secondary N) is 2. The zero-order valence-electron chi connectivity index (χ0n) is 16.5. The van der Waals surface area contributed by atoms with Gasteiger partial charge in [0.25, 0.3) is 0 Å². The first kappa shape index (κ1) is 21.4. The van der Waals surface area contributed by atoms with Crippen LogP contribution in [-0.2, 0) is 27.2 Å². The van der Waals surface area contributed by atoms with Crippen LogP contribution >= 0.6 is 23.1 Å². The summed E-state index contributed by atoms with van der Waals surface area (Å²) < 4.78 is 5.23. The molecule has 2 amide bonds. The van der Waals surface area contributed by atoms with Gasteiger partial charge in [-0.2, -0.15) is 0 Å². The normalized spacial score (nSPS) is 12.8. The average Bonchev–Trinajstić information content (AvgIpc) is 3.05. The van der Waals surface area contributed by atoms with Gasteiger partial charge in [-0.3, -0.25) is 9.59 Å². The van der Waals surface area contributed by atoms with Crippen molar-refractivity contribution in [3.8, 4) is 0 Å². The Morgan fingerprint density at radius 3 is 2.66 bits per heavy atom. The lowest BCUT2D eigenvalue weighted by atomic mass is 9.95. The highest BCUT2D eigenvalue weighted by Crippen LogP contribution is 2.39. The number of hydrogen-bond donors (Lipinski definition) is 2. The smallest absolute Gasteiger partial charge is 0.341 e. The maximum atomic E-state index is 12.6. The third kappa shape index (κ3) is 5.39. The van der Waals surface area contributed by atoms with Crippen LogP contribution in [0.1, 0.15) is 47.5 Å². The molecule has 29 heavy (non-hydrogen) atoms. The van der Waals surface area contributed by atoms with Gasteiger partial charge >= 0.3 is 5.97 Å². The van der Waals surface area contributed by atoms with Crippen molar-refractivity contribution in [2.24, 2.45) is 0 Å². The molecule has 3 rings (SSSR count). The second-order valence-corrected chi connectivity index (χ2v) is 8.77. The van der Waals surface area contributed by atoms with Crippen LogP contribution in [0.15, 0.2) is 29.2 Å². The van der Waals surface area contributed by atoms with E-state index in [0.29, 0.717) is 22.9 Å². The Balaban J connectivity index is 1.72. The Morgan fingerprint density at radius 2 is 1.90 bits per heavy atom. The first-order chi connectivity index (χ1) is 14.0. The van der Waals surface area contributed by atoms with Gasteiger partial charge < -0.3 is 15.4 Å². The van der Waals surface area contributed by atoms with Gasteiger partial charge in [0.2, 0.25) is 11.8 Å². The van der Waals surface area contributed by atoms with Crippen LogP contribution in [0.2, 0.25) is 0 Å². The summed E-state index contributed by atoms with van der Waals surface area (Å²) in [5, 5.41) is 6.26. The van der Waals surface area contributed by atoms with Crippen LogP contribution in [0.3, 0.4) is 0 Å². The lowest BCUT2D eigenvalue weighted by Crippen LogP contribution is -2.17. The highest BCUT2D eigenvalue weighted by molar-refractivity contribution is 8.00. The van der Waals surface area contributed by atoms with Gasteiger partial charge in [-0.1, -0.05) is 12.1 Å². The quantitative estimate of drug-likeness (QED) is 0.497. The molecule has 154 valence electrons. The molecule has 0 unspecified atom stereocenters. The largest absolute Gasteiger partial charge is 0.462 e. The Kier molecular flexibility index (Phi) is 7.33. The number of fused-ring (bicyclic) bond motifs is 1. The van der Waals surface area contributed by atoms with E-state index in [1.165, 1.54) is 34.9 Å². The predicted octanol–water partition coefficient (Wildman–Crippen LogP) is 4.49. The summed E-state index contributed by atoms with van der Waals surface area (Å²) in [7, 11) is 0. The summed E-state index contributed by atoms with van der Waals surface area (Å²) in [6, 6.07) is 7.35. The molecule has 6 nitrogen and oxygen atoms in total. The zero-order chi connectivity index (χ0) is 20.8. The summed E-state index contributed by atoms with van der Waals surface area (Å²) in [5.41, 5.74) is 2.22. The molecular formula is C21H24N2O4S2. The van der Waals surface area contributed by atoms with Crippen LogP contribution in [-0.4, -0.2) is 30.1 Å². The molecule has 0 atom stereocenters. The molecule has 1 aromatic heterocycles. The van der Waals surface area contributed by atoms with Gasteiger partial charge in [0.05, 0.1) is 23.6 Å². The van der Waals surface area contributed by atoms with Crippen LogP contribution in [0, 0.1) is 0 Å². The van der Waals surface area contributed by atoms with E-state index >= 15 is 0 Å². The minimum atomic E-state index is -0.370. The van der Waals surface area contributed by atoms with Crippen LogP contribution in [0.5, 0.6) is 0 Å². The third-order valence-electron chi connectivity index (χ3n) is 4.46. The van der Waals surface area contributed by atoms with Crippen molar-refractivity contribution in [3.05, 3.63) is 40.3 Å². The number of hydrogen-bond acceptors (Lipinski definition) is 6. The highest BCUT2D eigenvalue weighted by atomic mass is 32.2. The fraction of sp³-hybridized carbons (Fsp3) is 0.381. The molecule has 0 saturated heterocycles. The third-order valence-corrected chi connectivity index (χ3v) is 6.74. The summed E-state index contributed by atoms with van der Waals surface area (Å²) in [5.74, 6) is -0.560. The predicted molar refractivity (Wildman–Crippen MR) is 117 cm³/mol. The average molecular weight is 433 g/mol. The second kappa shape index (κ2) is 9.93. The van der Waals surface area contributed by atoms with Crippen molar-refractivity contribution in [3.63, 3.8) is 0 Å². The van der Waals surface area contributed by atoms with Crippen molar-refractivity contribution in [1.29, 1.82) is 0 Å². The Bertz CT molecular complexity index is 923. The van der Waals surface area contributed by atoms with Crippen molar-refractivity contribution in [2.45, 2.75) is 44.4 Å². The molecule has 1 aliphatic rings. The maximum absolute atomic E-state index is 12.6. The zero-order valence-corrected chi connectivity index (χ0v) is 18.1. The van der Waals surface area contributed by atoms with Crippen molar-refractivity contribution >= 4 is 51.6 Å². The molecule has 2 N–H and O–H groups in total. The fourth-order valence-corrected chi connectivity index (χ4v) is 5.37. The van der Waals surface area contributed by atoms with E-state index in [-0.39, 0.29) is 23.5 Å². The Labute approximate surface area is 178 Å². The number of carbonyl (C=O) groups is 3. The van der Waals surface area contributed by atoms with Gasteiger partial charge in [0.1, 0.15) is 5.00 Å². The fourth-order valence-electron chi connectivity index (χ4n) is 3.26. The number of rotatable bonds is 7. The van der Waals surface area contributed by atoms with Crippen molar-refractivity contribution < 1.29 is 19.1 Å². The number of benzene rings is 1. The van der Waals surface area contributed by atoms with Crippen LogP contribution in [0.25, 0.3) is 0 Å². The molecule has 0 aliphatic heterocycles. The number of amides is 2. The molecule has 0 saturated carbocycles. The number of anilines is 2. The molecule has 1 aliphatic carbocycles. The van der Waals surface area contributed by atoms with E-state index in [0.717, 1.165) is 36.1 Å². The van der Waals surface area contributed by atoms with Crippen LogP contribution < -0.4 is 10.6 Å². The number of carbonyl (C=O) groups excluding carboxylic acids is 3. The van der Waals surface area contributed by atoms with Gasteiger partial charge in [-0.15, -0.1) is 23.1 Å². The number of para-hydroxylation sites is 1. The SMILES string of the molecule is CCOC(=O)c1c(NC(=O)CSc2ccccc2NC(C)=O)sc2c1CCCC2. The van der Waals surface area contributed by atoms with E-state index in [2.05, 4.69) is 10.6 Å². The second-order valence-electron chi connectivity index (χ2n) is 6.65. The summed E-state index contributed by atoms with van der Waals surface area (Å²) in [4.78, 5) is 38.4. The lowest BCUT2D eigenvalue weighted by molar-refractivity contribution is -0.114. The Hall–Kier alpha value is -2.32. The monoisotopic (exact) mass is 432 g/mol. The number of aryl methyl sites for hydroxylation is 1. The molecule has 0 fully saturated rings. The van der Waals surface area contributed by atoms with Gasteiger partial charge in [0, 0.05) is 16.7 Å². The molecule has 1 heterocycles. The van der Waals surface area contributed by atoms with E-state index in [9.17, 15) is 14.4 Å². The van der Waals surface area contributed by atoms with Gasteiger partial charge in [-0.25, -0.2) is 4.79 Å². The molecular weight excluding hydrogens is 408 g/mol. The van der Waals surface area contributed by atoms with E-state index in [1.54, 1.807) is 13.0 Å². The maximum Gasteiger partial charge on any atom is 0.341 e. The van der Waals surface area contributed by atoms with Gasteiger partial charge in [-0.05, 0) is 50.3 Å². The summed E-state index contributed by atoms with van der Waals surface area (Å²) in [6.45, 7) is 3.52. The summed E-state index contributed by atoms with van der Waals surface area (Å²) >= 11 is 2.82. The van der Waals surface area contributed by atoms with Crippen molar-refractivity contribution in [2.75, 3.05) is 23.0 Å². The first-order valence-corrected chi connectivity index (χ1v) is 11.4. The minimum Gasteiger partial charge on any atom is -0.462 e. The standard InChI is InChI=1S/C21H24N2O4S2/c1-3-27-21(26)19-14-8-4-6-10-16(14)29-20(19)23-18(25)12-28-17-11-7-5-9-15(17)22-13(2)24/h5,7,9,11H,3-4,6,8,10,12H2,1-2H3,(H,22,24)(H,23,25). The lowest BCUT2D eigenvalue weighted by Gasteiger charge is -2.12. The number of thioether (sulfide) groups is 1. The van der Waals surface area contributed by atoms with E-state index in [4.69, 9.17) is 4.74 Å². The molecule has 8 heteroatoms. The minimum absolute atomic E-state index is 0.161. The molecule has 0 radical (unpaired) electrons. The topological polar surface area (TPSA) is 84.5 Å². The molecule has 0 spiro atoms. The number of thiophene rings is 1. The first-order valence-electron chi connectivity index (χ1n) is 9.60. The Morgan fingerprint density at radius 1 is 1.14 bits per heavy atom. The van der Waals surface area contributed by atoms with E-state index < -0.39 is 0 Å². The van der Waals surface area contributed by atoms with Crippen molar-refractivity contribution in [1.82, 2.24) is 0 Å². The molecule has 2 aromatic rings. The summed E-state index contributed by atoms with van der Waals surface area (Å²) in [6.07, 6.45) is 3.91. The highest BCUT2D eigenvalue weighted by Gasteiger charge is 2.27. The van der Waals surface area contributed by atoms with Gasteiger partial charge in [0.15, 0.2) is 0 Å². The van der Waals surface area contributed by atoms with Crippen LogP contribution in [0.4, 0.5) is 10.7 Å². The molecule has 0 bridgehead atoms.